The van der Waals surface area contributed by atoms with Gasteiger partial charge in [0.05, 0.1) is 44.2 Å². The lowest BCUT2D eigenvalue weighted by molar-refractivity contribution is -0.395. The highest BCUT2D eigenvalue weighted by Gasteiger charge is 2.72. The van der Waals surface area contributed by atoms with Crippen LogP contribution in [0, 0.1) is 45.3 Å². The summed E-state index contributed by atoms with van der Waals surface area (Å²) < 4.78 is 49.3. The summed E-state index contributed by atoms with van der Waals surface area (Å²) in [6.45, 7) is 14.7. The smallest absolute Gasteiger partial charge is 0.187 e. The molecule has 8 aliphatic rings. The normalized spacial score (nSPS) is 52.7. The van der Waals surface area contributed by atoms with Gasteiger partial charge in [-0.05, 0) is 124 Å². The van der Waals surface area contributed by atoms with Gasteiger partial charge in [-0.25, -0.2) is 0 Å². The van der Waals surface area contributed by atoms with E-state index in [2.05, 4.69) is 40.7 Å². The van der Waals surface area contributed by atoms with Crippen LogP contribution in [0.15, 0.2) is 11.6 Å². The third kappa shape index (κ3) is 10.5. The lowest BCUT2D eigenvalue weighted by Crippen LogP contribution is -2.68. The quantitative estimate of drug-likeness (QED) is 0.0651. The van der Waals surface area contributed by atoms with Crippen LogP contribution in [-0.2, 0) is 37.9 Å². The summed E-state index contributed by atoms with van der Waals surface area (Å²) in [6, 6.07) is 0. The van der Waals surface area contributed by atoms with Crippen molar-refractivity contribution in [2.45, 2.75) is 248 Å². The second-order valence-corrected chi connectivity index (χ2v) is 25.3. The molecule has 22 heteroatoms. The van der Waals surface area contributed by atoms with Crippen molar-refractivity contribution in [2.24, 2.45) is 45.3 Å². The maximum Gasteiger partial charge on any atom is 0.187 e. The van der Waals surface area contributed by atoms with E-state index in [4.69, 9.17) is 37.9 Å². The molecule has 8 fully saturated rings. The monoisotopic (exact) mass is 1080 g/mol. The van der Waals surface area contributed by atoms with E-state index in [-0.39, 0.29) is 39.9 Å². The fraction of sp³-hybridized carbons (Fsp3) is 0.962. The largest absolute Gasteiger partial charge is 0.394 e. The van der Waals surface area contributed by atoms with E-state index in [1.165, 1.54) is 0 Å². The van der Waals surface area contributed by atoms with Crippen molar-refractivity contribution >= 4 is 0 Å². The van der Waals surface area contributed by atoms with E-state index in [0.717, 1.165) is 24.8 Å². The molecule has 8 rings (SSSR count). The lowest BCUT2D eigenvalue weighted by Gasteiger charge is -2.71. The maximum absolute atomic E-state index is 12.8. The molecule has 0 amide bonds. The molecule has 0 spiro atoms. The van der Waals surface area contributed by atoms with Gasteiger partial charge in [0.2, 0.25) is 0 Å². The van der Waals surface area contributed by atoms with Crippen LogP contribution in [-0.4, -0.2) is 232 Å². The Labute approximate surface area is 439 Å². The molecule has 4 aliphatic heterocycles. The molecule has 22 nitrogen and oxygen atoms in total. The average molecular weight is 1080 g/mol. The Kier molecular flexibility index (Phi) is 18.1. The van der Waals surface area contributed by atoms with Crippen LogP contribution in [0.3, 0.4) is 0 Å². The van der Waals surface area contributed by atoms with Crippen LogP contribution in [0.25, 0.3) is 0 Å². The Hall–Kier alpha value is -1.14. The minimum Gasteiger partial charge on any atom is -0.394 e. The number of ether oxygens (including phenoxy) is 8. The summed E-state index contributed by atoms with van der Waals surface area (Å²) in [7, 11) is 0. The van der Waals surface area contributed by atoms with Gasteiger partial charge in [0.15, 0.2) is 25.2 Å². The van der Waals surface area contributed by atoms with Crippen LogP contribution in [0.4, 0.5) is 0 Å². The topological polar surface area (TPSA) is 357 Å². The van der Waals surface area contributed by atoms with Crippen molar-refractivity contribution in [1.82, 2.24) is 0 Å². The number of fused-ring (bicyclic) bond motifs is 5. The Morgan fingerprint density at radius 2 is 1.08 bits per heavy atom. The molecule has 4 saturated carbocycles. The van der Waals surface area contributed by atoms with E-state index in [0.29, 0.717) is 38.5 Å². The fourth-order valence-corrected chi connectivity index (χ4v) is 16.1. The summed E-state index contributed by atoms with van der Waals surface area (Å²) >= 11 is 0. The maximum atomic E-state index is 12.8. The van der Waals surface area contributed by atoms with Gasteiger partial charge in [0.1, 0.15) is 91.6 Å². The van der Waals surface area contributed by atoms with Gasteiger partial charge in [0, 0.05) is 0 Å². The molecule has 434 valence electrons. The van der Waals surface area contributed by atoms with Crippen molar-refractivity contribution in [3.05, 3.63) is 11.6 Å². The first kappa shape index (κ1) is 60.0. The van der Waals surface area contributed by atoms with Crippen LogP contribution in [0.1, 0.15) is 113 Å². The summed E-state index contributed by atoms with van der Waals surface area (Å²) in [5.74, 6) is -0.332. The molecular weight excluding hydrogens is 989 g/mol. The highest BCUT2D eigenvalue weighted by molar-refractivity contribution is 5.20. The number of aliphatic hydroxyl groups is 14. The zero-order valence-electron chi connectivity index (χ0n) is 44.7. The van der Waals surface area contributed by atoms with E-state index >= 15 is 0 Å². The molecule has 0 bridgehead atoms. The Bertz CT molecular complexity index is 1940. The minimum atomic E-state index is -1.86. The van der Waals surface area contributed by atoms with Gasteiger partial charge >= 0.3 is 0 Å². The van der Waals surface area contributed by atoms with Crippen molar-refractivity contribution in [3.8, 4) is 0 Å². The zero-order valence-corrected chi connectivity index (χ0v) is 44.7. The van der Waals surface area contributed by atoms with Gasteiger partial charge < -0.3 is 109 Å². The van der Waals surface area contributed by atoms with Crippen LogP contribution in [0.2, 0.25) is 0 Å². The number of hydrogen-bond donors (Lipinski definition) is 14. The molecule has 0 aromatic rings. The number of hydrogen-bond acceptors (Lipinski definition) is 22. The Morgan fingerprint density at radius 3 is 1.65 bits per heavy atom. The predicted molar refractivity (Wildman–Crippen MR) is 260 cm³/mol. The van der Waals surface area contributed by atoms with Crippen LogP contribution >= 0.6 is 0 Å². The third-order valence-corrected chi connectivity index (χ3v) is 20.5. The second-order valence-electron chi connectivity index (χ2n) is 25.3. The summed E-state index contributed by atoms with van der Waals surface area (Å²) in [5, 5.41) is 152. The fourth-order valence-electron chi connectivity index (χ4n) is 16.1. The molecule has 0 aromatic carbocycles. The molecule has 4 heterocycles. The number of rotatable bonds is 15. The first-order chi connectivity index (χ1) is 35.1. The van der Waals surface area contributed by atoms with Crippen LogP contribution < -0.4 is 0 Å². The first-order valence-electron chi connectivity index (χ1n) is 27.3. The van der Waals surface area contributed by atoms with E-state index in [9.17, 15) is 71.5 Å². The average Bonchev–Trinajstić information content (AvgIpc) is 3.76. The number of aliphatic hydroxyl groups excluding tert-OH is 14. The van der Waals surface area contributed by atoms with E-state index < -0.39 is 166 Å². The van der Waals surface area contributed by atoms with Gasteiger partial charge in [-0.2, -0.15) is 0 Å². The third-order valence-electron chi connectivity index (χ3n) is 20.5. The van der Waals surface area contributed by atoms with E-state index in [1.807, 2.05) is 20.8 Å². The molecule has 0 unspecified atom stereocenters. The molecule has 4 aliphatic carbocycles. The minimum absolute atomic E-state index is 0.0274. The predicted octanol–water partition coefficient (Wildman–Crippen LogP) is -1.56. The van der Waals surface area contributed by atoms with Crippen molar-refractivity contribution in [1.29, 1.82) is 0 Å². The summed E-state index contributed by atoms with van der Waals surface area (Å²) in [6.07, 6.45) is -23.6. The van der Waals surface area contributed by atoms with Gasteiger partial charge in [-0.15, -0.1) is 0 Å². The Morgan fingerprint density at radius 1 is 0.560 bits per heavy atom. The van der Waals surface area contributed by atoms with Gasteiger partial charge in [-0.1, -0.05) is 46.3 Å². The SMILES string of the molecule is CC(C)=CCC[C@](C)(O[C@@H]1O[C@H](CO)[C@@H](O)[C@H](O)[C@H]1O)[C@H]1CC[C@]2(C)[C@@H]1[C@H](O)C[C@@H]1[C@@]3(C)CC[C@H](O[C@@H]4O[C@H](CO)[C@@H](O)[C@H](O)[C@H]4O[C@@H]4O[C@H](CO)[C@@H](O)[C@H](O)[C@H]4O[C@@H]4OC[C@@H](O)[C@H](O)[C@H]4O)C(C)(C)[C@@H]3CC[C@]12C. The van der Waals surface area contributed by atoms with Gasteiger partial charge in [0.25, 0.3) is 0 Å². The number of allylic oxidation sites excluding steroid dienone is 2. The highest BCUT2D eigenvalue weighted by Crippen LogP contribution is 2.76. The molecular formula is C53H90O22. The highest BCUT2D eigenvalue weighted by atomic mass is 16.8. The van der Waals surface area contributed by atoms with Gasteiger partial charge in [-0.3, -0.25) is 0 Å². The molecule has 0 aromatic heterocycles. The lowest BCUT2D eigenvalue weighted by atomic mass is 9.35. The first-order valence-corrected chi connectivity index (χ1v) is 27.3. The molecule has 29 atom stereocenters. The van der Waals surface area contributed by atoms with Crippen molar-refractivity contribution in [2.75, 3.05) is 26.4 Å². The van der Waals surface area contributed by atoms with Crippen LogP contribution in [0.5, 0.6) is 0 Å². The molecule has 4 saturated heterocycles. The van der Waals surface area contributed by atoms with E-state index in [1.54, 1.807) is 0 Å². The van der Waals surface area contributed by atoms with Crippen molar-refractivity contribution < 1.29 is 109 Å². The van der Waals surface area contributed by atoms with Crippen molar-refractivity contribution in [3.63, 3.8) is 0 Å². The standard InChI is InChI=1S/C53H90O22/c1-23(2)10-9-14-53(8,75-46-42(67)38(63)35(60)27(19-54)69-46)24-11-16-52(7)33(24)25(57)18-31-50(5)15-13-32(49(3,4)30(50)12-17-51(31,52)6)72-47-43(39(64)36(61)28(20-55)70-47)74-48-44(40(65)37(62)29(21-56)71-48)73-45-41(66)34(59)26(58)22-68-45/h10,24-48,54-67H,9,11-22H2,1-8H3/t24-,25+,26+,27+,28+,29+,30-,31+,32-,33-,34-,35+,36+,37+,38-,39-,40-,41+,42+,43+,44+,45-,46-,47-,48-,50-,51+,52+,53-/m0/s1. The summed E-state index contributed by atoms with van der Waals surface area (Å²) in [4.78, 5) is 0. The summed E-state index contributed by atoms with van der Waals surface area (Å²) in [5.41, 5.74) is -1.39. The molecule has 0 radical (unpaired) electrons. The zero-order chi connectivity index (χ0) is 55.1. The second kappa shape index (κ2) is 22.7. The molecule has 75 heavy (non-hydrogen) atoms. The Balaban J connectivity index is 1.03. The molecule has 14 N–H and O–H groups in total.